The molecule has 0 radical (unpaired) electrons. The van der Waals surface area contributed by atoms with Gasteiger partial charge in [-0.15, -0.1) is 0 Å². The van der Waals surface area contributed by atoms with E-state index in [1.165, 1.54) is 0 Å². The van der Waals surface area contributed by atoms with E-state index >= 15 is 0 Å². The van der Waals surface area contributed by atoms with Gasteiger partial charge < -0.3 is 15.2 Å². The number of carbonyl (C=O) groups is 2. The lowest BCUT2D eigenvalue weighted by molar-refractivity contribution is -0.115. The zero-order valence-electron chi connectivity index (χ0n) is 16.0. The number of aromatic nitrogens is 1. The number of nitrogens with zero attached hydrogens (tertiary/aromatic N) is 1. The largest absolute Gasteiger partial charge is 0.343 e. The van der Waals surface area contributed by atoms with Gasteiger partial charge in [-0.1, -0.05) is 34.1 Å². The second-order valence-corrected chi connectivity index (χ2v) is 7.56. The van der Waals surface area contributed by atoms with Crippen molar-refractivity contribution in [1.29, 1.82) is 0 Å². The van der Waals surface area contributed by atoms with Crippen LogP contribution in [0.4, 0.5) is 5.69 Å². The molecule has 1 aromatic heterocycles. The molecule has 2 amide bonds. The fourth-order valence-corrected chi connectivity index (χ4v) is 3.66. The van der Waals surface area contributed by atoms with Gasteiger partial charge in [0.15, 0.2) is 0 Å². The fourth-order valence-electron chi connectivity index (χ4n) is 3.18. The Balaban J connectivity index is 1.68. The highest BCUT2D eigenvalue weighted by atomic mass is 79.9. The molecule has 3 rings (SSSR count). The molecule has 0 saturated carbocycles. The zero-order valence-corrected chi connectivity index (χ0v) is 17.6. The highest BCUT2D eigenvalue weighted by molar-refractivity contribution is 9.10. The molecule has 5 nitrogen and oxygen atoms in total. The molecule has 0 saturated heterocycles. The number of para-hydroxylation sites is 1. The number of benzene rings is 2. The van der Waals surface area contributed by atoms with E-state index in [0.717, 1.165) is 32.8 Å². The minimum atomic E-state index is -0.268. The predicted octanol–water partition coefficient (Wildman–Crippen LogP) is 4.53. The molecule has 144 valence electrons. The zero-order chi connectivity index (χ0) is 20.3. The van der Waals surface area contributed by atoms with E-state index in [-0.39, 0.29) is 18.4 Å². The predicted molar refractivity (Wildman–Crippen MR) is 115 cm³/mol. The van der Waals surface area contributed by atoms with E-state index in [2.05, 4.69) is 26.6 Å². The van der Waals surface area contributed by atoms with Crippen molar-refractivity contribution in [1.82, 2.24) is 9.88 Å². The van der Waals surface area contributed by atoms with Crippen LogP contribution in [0.1, 0.15) is 27.3 Å². The lowest BCUT2D eigenvalue weighted by Gasteiger charge is -2.11. The van der Waals surface area contributed by atoms with Crippen molar-refractivity contribution in [2.24, 2.45) is 0 Å². The van der Waals surface area contributed by atoms with E-state index in [1.807, 2.05) is 79.9 Å². The van der Waals surface area contributed by atoms with Crippen molar-refractivity contribution < 1.29 is 9.59 Å². The number of halogens is 1. The molecule has 0 aliphatic carbocycles. The second-order valence-electron chi connectivity index (χ2n) is 6.65. The Morgan fingerprint density at radius 1 is 1.00 bits per heavy atom. The summed E-state index contributed by atoms with van der Waals surface area (Å²) >= 11 is 3.40. The van der Waals surface area contributed by atoms with Crippen LogP contribution < -0.4 is 10.6 Å². The van der Waals surface area contributed by atoms with Crippen LogP contribution in [0, 0.1) is 20.8 Å². The molecule has 0 spiro atoms. The van der Waals surface area contributed by atoms with Gasteiger partial charge in [0.05, 0.1) is 12.1 Å². The Hall–Kier alpha value is -2.86. The highest BCUT2D eigenvalue weighted by Crippen LogP contribution is 2.21. The van der Waals surface area contributed by atoms with Crippen molar-refractivity contribution in [3.63, 3.8) is 0 Å². The molecule has 28 heavy (non-hydrogen) atoms. The highest BCUT2D eigenvalue weighted by Gasteiger charge is 2.17. The van der Waals surface area contributed by atoms with Crippen LogP contribution in [0.3, 0.4) is 0 Å². The average Bonchev–Trinajstić information content (AvgIpc) is 2.97. The standard InChI is InChI=1S/C22H22BrN3O2/c1-14-11-17(23)9-10-20(14)25-21(27)13-24-22(28)19-12-15(2)26(16(19)3)18-7-5-4-6-8-18/h4-12H,13H2,1-3H3,(H,24,28)(H,25,27). The van der Waals surface area contributed by atoms with Crippen molar-refractivity contribution in [2.75, 3.05) is 11.9 Å². The van der Waals surface area contributed by atoms with Crippen molar-refractivity contribution in [3.05, 3.63) is 81.6 Å². The fraction of sp³-hybridized carbons (Fsp3) is 0.182. The van der Waals surface area contributed by atoms with Crippen LogP contribution >= 0.6 is 15.9 Å². The average molecular weight is 440 g/mol. The Morgan fingerprint density at radius 2 is 1.71 bits per heavy atom. The number of aryl methyl sites for hydroxylation is 2. The molecule has 0 atom stereocenters. The number of rotatable bonds is 5. The topological polar surface area (TPSA) is 63.1 Å². The third-order valence-electron chi connectivity index (χ3n) is 4.56. The van der Waals surface area contributed by atoms with Crippen molar-refractivity contribution in [2.45, 2.75) is 20.8 Å². The lowest BCUT2D eigenvalue weighted by Crippen LogP contribution is -2.33. The SMILES string of the molecule is Cc1cc(Br)ccc1NC(=O)CNC(=O)c1cc(C)n(-c2ccccc2)c1C. The molecule has 3 aromatic rings. The van der Waals surface area contributed by atoms with Gasteiger partial charge in [-0.3, -0.25) is 9.59 Å². The van der Waals surface area contributed by atoms with Crippen molar-refractivity contribution in [3.8, 4) is 5.69 Å². The van der Waals surface area contributed by atoms with Crippen LogP contribution in [0.5, 0.6) is 0 Å². The molecule has 0 bridgehead atoms. The van der Waals surface area contributed by atoms with E-state index < -0.39 is 0 Å². The van der Waals surface area contributed by atoms with Crippen LogP contribution in [0.2, 0.25) is 0 Å². The summed E-state index contributed by atoms with van der Waals surface area (Å²) < 4.78 is 2.98. The summed E-state index contributed by atoms with van der Waals surface area (Å²) in [5, 5.41) is 5.53. The number of anilines is 1. The number of nitrogens with one attached hydrogen (secondary N) is 2. The first-order chi connectivity index (χ1) is 13.4. The molecular weight excluding hydrogens is 418 g/mol. The molecule has 0 aliphatic rings. The summed E-state index contributed by atoms with van der Waals surface area (Å²) in [7, 11) is 0. The molecule has 6 heteroatoms. The molecule has 1 heterocycles. The molecular formula is C22H22BrN3O2. The van der Waals surface area contributed by atoms with E-state index in [4.69, 9.17) is 0 Å². The lowest BCUT2D eigenvalue weighted by atomic mass is 10.2. The van der Waals surface area contributed by atoms with E-state index in [0.29, 0.717) is 5.56 Å². The molecule has 0 aliphatic heterocycles. The molecule has 0 fully saturated rings. The summed E-state index contributed by atoms with van der Waals surface area (Å²) in [5.74, 6) is -0.534. The van der Waals surface area contributed by atoms with Gasteiger partial charge in [0, 0.05) is 27.2 Å². The Bertz CT molecular complexity index is 1030. The first-order valence-corrected chi connectivity index (χ1v) is 9.74. The number of carbonyl (C=O) groups excluding carboxylic acids is 2. The van der Waals surface area contributed by atoms with Gasteiger partial charge in [-0.2, -0.15) is 0 Å². The van der Waals surface area contributed by atoms with Gasteiger partial charge in [0.1, 0.15) is 0 Å². The van der Waals surface area contributed by atoms with Crippen LogP contribution in [0.25, 0.3) is 5.69 Å². The van der Waals surface area contributed by atoms with Gasteiger partial charge >= 0.3 is 0 Å². The smallest absolute Gasteiger partial charge is 0.253 e. The normalized spacial score (nSPS) is 10.6. The monoisotopic (exact) mass is 439 g/mol. The Kier molecular flexibility index (Phi) is 5.99. The molecule has 2 aromatic carbocycles. The van der Waals surface area contributed by atoms with Crippen LogP contribution in [-0.4, -0.2) is 22.9 Å². The van der Waals surface area contributed by atoms with Crippen molar-refractivity contribution >= 4 is 33.4 Å². The third-order valence-corrected chi connectivity index (χ3v) is 5.06. The first-order valence-electron chi connectivity index (χ1n) is 8.95. The van der Waals surface area contributed by atoms with E-state index in [1.54, 1.807) is 0 Å². The number of hydrogen-bond donors (Lipinski definition) is 2. The summed E-state index contributed by atoms with van der Waals surface area (Å²) in [6.45, 7) is 5.68. The quantitative estimate of drug-likeness (QED) is 0.612. The molecule has 0 unspecified atom stereocenters. The maximum atomic E-state index is 12.6. The van der Waals surface area contributed by atoms with Gasteiger partial charge in [-0.25, -0.2) is 0 Å². The summed E-state index contributed by atoms with van der Waals surface area (Å²) in [4.78, 5) is 24.8. The van der Waals surface area contributed by atoms with E-state index in [9.17, 15) is 9.59 Å². The second kappa shape index (κ2) is 8.44. The Morgan fingerprint density at radius 3 is 2.39 bits per heavy atom. The molecule has 2 N–H and O–H groups in total. The minimum absolute atomic E-state index is 0.0939. The van der Waals surface area contributed by atoms with Gasteiger partial charge in [0.25, 0.3) is 5.91 Å². The third kappa shape index (κ3) is 4.34. The maximum Gasteiger partial charge on any atom is 0.253 e. The maximum absolute atomic E-state index is 12.6. The first kappa shape index (κ1) is 19.9. The Labute approximate surface area is 172 Å². The minimum Gasteiger partial charge on any atom is -0.343 e. The van der Waals surface area contributed by atoms with Gasteiger partial charge in [0.2, 0.25) is 5.91 Å². The summed E-state index contributed by atoms with van der Waals surface area (Å²) in [6.07, 6.45) is 0. The summed E-state index contributed by atoms with van der Waals surface area (Å²) in [6, 6.07) is 17.3. The van der Waals surface area contributed by atoms with Crippen LogP contribution in [0.15, 0.2) is 59.1 Å². The number of hydrogen-bond acceptors (Lipinski definition) is 2. The summed E-state index contributed by atoms with van der Waals surface area (Å²) in [5.41, 5.74) is 5.04. The van der Waals surface area contributed by atoms with Gasteiger partial charge in [-0.05, 0) is 62.7 Å². The number of amides is 2. The van der Waals surface area contributed by atoms with Crippen LogP contribution in [-0.2, 0) is 4.79 Å².